The monoisotopic (exact) mass is 784 g/mol. The molecule has 9 heteroatoms. The number of piperidine rings is 1. The number of methoxy groups -OCH3 is 1. The third-order valence-corrected chi connectivity index (χ3v) is 20.5. The number of carbonyl (C=O) groups is 2. The molecule has 55 heavy (non-hydrogen) atoms. The van der Waals surface area contributed by atoms with E-state index in [-0.39, 0.29) is 39.1 Å². The van der Waals surface area contributed by atoms with E-state index in [4.69, 9.17) is 4.74 Å². The van der Waals surface area contributed by atoms with Crippen LogP contribution in [0.5, 0.6) is 0 Å². The Morgan fingerprint density at radius 1 is 0.818 bits per heavy atom. The maximum atomic E-state index is 14.4. The Labute approximate surface area is 335 Å². The van der Waals surface area contributed by atoms with Crippen LogP contribution >= 0.6 is 0 Å². The van der Waals surface area contributed by atoms with Gasteiger partial charge in [0.15, 0.2) is 9.84 Å². The van der Waals surface area contributed by atoms with Crippen molar-refractivity contribution in [2.45, 2.75) is 150 Å². The van der Waals surface area contributed by atoms with Crippen LogP contribution in [0.4, 0.5) is 0 Å². The summed E-state index contributed by atoms with van der Waals surface area (Å²) in [5.74, 6) is 3.80. The zero-order chi connectivity index (χ0) is 39.7. The number of fused-ring (bicyclic) bond motifs is 7. The van der Waals surface area contributed by atoms with E-state index < -0.39 is 9.84 Å². The van der Waals surface area contributed by atoms with Gasteiger partial charge in [-0.1, -0.05) is 45.8 Å². The number of nitrogens with one attached hydrogen (secondary N) is 1. The van der Waals surface area contributed by atoms with Gasteiger partial charge >= 0.3 is 5.97 Å². The quantitative estimate of drug-likeness (QED) is 0.129. The lowest BCUT2D eigenvalue weighted by atomic mass is 9.33. The number of sulfone groups is 1. The van der Waals surface area contributed by atoms with E-state index in [1.165, 1.54) is 64.0 Å². The SMILES string of the molecule is C=C(C)[C@@H]1CC[C@]2(CNCCCN3CCS(=O)(=O)CC3)CC[C@]3(C)[C@H](CC[C@@H]4[C@@]5(C)CCN(C(=O)CC6(CC(=O)OC)CCCC6)C(C)(C)[C@@H]5CC[C@]43C)[C@@H]12. The molecule has 0 unspecified atom stereocenters. The number of hydrogen-bond acceptors (Lipinski definition) is 7. The van der Waals surface area contributed by atoms with Crippen LogP contribution in [0.2, 0.25) is 0 Å². The average molecular weight is 784 g/mol. The molecule has 0 aromatic carbocycles. The molecular formula is C46H77N3O5S. The fourth-order valence-corrected chi connectivity index (χ4v) is 17.1. The first-order chi connectivity index (χ1) is 25.9. The van der Waals surface area contributed by atoms with Gasteiger partial charge in [0, 0.05) is 38.1 Å². The molecule has 7 fully saturated rings. The third-order valence-electron chi connectivity index (χ3n) is 18.9. The maximum Gasteiger partial charge on any atom is 0.306 e. The van der Waals surface area contributed by atoms with Crippen molar-refractivity contribution in [3.05, 3.63) is 12.2 Å². The molecule has 5 saturated carbocycles. The first-order valence-electron chi connectivity index (χ1n) is 22.5. The van der Waals surface area contributed by atoms with Gasteiger partial charge in [0.1, 0.15) is 0 Å². The molecule has 5 aliphatic carbocycles. The molecule has 0 aromatic heterocycles. The highest BCUT2D eigenvalue weighted by Gasteiger charge is 2.71. The summed E-state index contributed by atoms with van der Waals surface area (Å²) in [6, 6.07) is 0. The van der Waals surface area contributed by atoms with Crippen molar-refractivity contribution in [3.8, 4) is 0 Å². The molecule has 312 valence electrons. The van der Waals surface area contributed by atoms with Crippen LogP contribution in [-0.4, -0.2) is 93.5 Å². The minimum atomic E-state index is -2.84. The van der Waals surface area contributed by atoms with Crippen LogP contribution in [0, 0.1) is 56.7 Å². The zero-order valence-electron chi connectivity index (χ0n) is 35.9. The summed E-state index contributed by atoms with van der Waals surface area (Å²) < 4.78 is 28.9. The highest BCUT2D eigenvalue weighted by atomic mass is 32.2. The Morgan fingerprint density at radius 2 is 1.53 bits per heavy atom. The third kappa shape index (κ3) is 7.10. The maximum absolute atomic E-state index is 14.4. The molecule has 1 N–H and O–H groups in total. The summed E-state index contributed by atoms with van der Waals surface area (Å²) >= 11 is 0. The molecule has 7 aliphatic rings. The summed E-state index contributed by atoms with van der Waals surface area (Å²) in [6.45, 7) is 25.0. The molecule has 0 aromatic rings. The largest absolute Gasteiger partial charge is 0.469 e. The number of likely N-dealkylation sites (tertiary alicyclic amines) is 1. The lowest BCUT2D eigenvalue weighted by Gasteiger charge is -2.73. The summed E-state index contributed by atoms with van der Waals surface area (Å²) in [5, 5.41) is 3.98. The van der Waals surface area contributed by atoms with Crippen molar-refractivity contribution in [3.63, 3.8) is 0 Å². The average Bonchev–Trinajstić information content (AvgIpc) is 3.73. The Hall–Kier alpha value is -1.45. The Balaban J connectivity index is 1.05. The van der Waals surface area contributed by atoms with E-state index in [0.29, 0.717) is 72.4 Å². The van der Waals surface area contributed by atoms with E-state index in [1.807, 2.05) is 0 Å². The topological polar surface area (TPSA) is 96.0 Å². The minimum absolute atomic E-state index is 0.176. The van der Waals surface area contributed by atoms with Crippen LogP contribution in [0.1, 0.15) is 144 Å². The minimum Gasteiger partial charge on any atom is -0.469 e. The lowest BCUT2D eigenvalue weighted by Crippen LogP contribution is -2.70. The smallest absolute Gasteiger partial charge is 0.306 e. The van der Waals surface area contributed by atoms with Gasteiger partial charge in [0.2, 0.25) is 5.91 Å². The predicted octanol–water partition coefficient (Wildman–Crippen LogP) is 8.06. The summed E-state index contributed by atoms with van der Waals surface area (Å²) in [5.41, 5.74) is 2.00. The van der Waals surface area contributed by atoms with E-state index in [9.17, 15) is 18.0 Å². The number of allylic oxidation sites excluding steroid dienone is 1. The second kappa shape index (κ2) is 15.0. The van der Waals surface area contributed by atoms with Gasteiger partial charge in [-0.3, -0.25) is 9.59 Å². The number of amides is 1. The second-order valence-corrected chi connectivity index (χ2v) is 24.0. The highest BCUT2D eigenvalue weighted by molar-refractivity contribution is 7.91. The van der Waals surface area contributed by atoms with Gasteiger partial charge in [-0.05, 0) is 168 Å². The normalized spacial score (nSPS) is 41.7. The van der Waals surface area contributed by atoms with Gasteiger partial charge in [-0.15, -0.1) is 0 Å². The van der Waals surface area contributed by atoms with E-state index in [0.717, 1.165) is 64.7 Å². The highest BCUT2D eigenvalue weighted by Crippen LogP contribution is 2.77. The fourth-order valence-electron chi connectivity index (χ4n) is 15.8. The molecule has 0 bridgehead atoms. The molecule has 9 atom stereocenters. The first-order valence-corrected chi connectivity index (χ1v) is 24.3. The second-order valence-electron chi connectivity index (χ2n) is 21.7. The van der Waals surface area contributed by atoms with Crippen molar-refractivity contribution in [2.75, 3.05) is 57.9 Å². The molecule has 2 saturated heterocycles. The molecule has 7 rings (SSSR count). The Morgan fingerprint density at radius 3 is 2.20 bits per heavy atom. The van der Waals surface area contributed by atoms with Crippen molar-refractivity contribution >= 4 is 21.7 Å². The number of ether oxygens (including phenoxy) is 1. The van der Waals surface area contributed by atoms with Crippen LogP contribution < -0.4 is 5.32 Å². The predicted molar refractivity (Wildman–Crippen MR) is 221 cm³/mol. The van der Waals surface area contributed by atoms with Crippen LogP contribution in [0.15, 0.2) is 12.2 Å². The Bertz CT molecular complexity index is 1570. The molecular weight excluding hydrogens is 707 g/mol. The van der Waals surface area contributed by atoms with E-state index in [2.05, 4.69) is 63.2 Å². The van der Waals surface area contributed by atoms with Crippen LogP contribution in [0.25, 0.3) is 0 Å². The van der Waals surface area contributed by atoms with Crippen molar-refractivity contribution in [1.29, 1.82) is 0 Å². The first kappa shape index (κ1) is 41.7. The van der Waals surface area contributed by atoms with Gasteiger partial charge in [-0.25, -0.2) is 8.42 Å². The molecule has 0 spiro atoms. The zero-order valence-corrected chi connectivity index (χ0v) is 36.7. The van der Waals surface area contributed by atoms with Crippen LogP contribution in [-0.2, 0) is 24.2 Å². The standard InChI is InChI=1S/C46H77N3O5S/c1-33(2)34-14-19-46(32-47-23-11-24-48-26-28-55(52,53)29-27-48)21-20-43(6)35(40(34)46)12-13-37-42(5)22-25-49(41(3,4)36(42)15-18-44(37,43)7)38(50)30-45(16-9-10-17-45)31-39(51)54-8/h34-37,40,47H,1,9-32H2,2-8H3/t34-,35+,36-,37+,40+,42-,43+,44+,46+/m0/s1. The number of esters is 1. The number of rotatable bonds is 11. The van der Waals surface area contributed by atoms with E-state index in [1.54, 1.807) is 0 Å². The van der Waals surface area contributed by atoms with Crippen molar-refractivity contribution in [2.24, 2.45) is 56.7 Å². The molecule has 8 nitrogen and oxygen atoms in total. The molecule has 0 radical (unpaired) electrons. The molecule has 2 heterocycles. The number of hydrogen-bond donors (Lipinski definition) is 1. The number of nitrogens with zero attached hydrogens (tertiary/aromatic N) is 2. The lowest BCUT2D eigenvalue weighted by molar-refractivity contribution is -0.241. The summed E-state index contributed by atoms with van der Waals surface area (Å²) in [6.07, 6.45) is 17.3. The van der Waals surface area contributed by atoms with Gasteiger partial charge in [0.25, 0.3) is 0 Å². The van der Waals surface area contributed by atoms with Crippen LogP contribution in [0.3, 0.4) is 0 Å². The van der Waals surface area contributed by atoms with E-state index >= 15 is 0 Å². The summed E-state index contributed by atoms with van der Waals surface area (Å²) in [4.78, 5) is 31.4. The van der Waals surface area contributed by atoms with Crippen molar-refractivity contribution < 1.29 is 22.7 Å². The van der Waals surface area contributed by atoms with Gasteiger partial charge in [0.05, 0.1) is 25.0 Å². The Kier molecular flexibility index (Phi) is 11.4. The number of carbonyl (C=O) groups excluding carboxylic acids is 2. The van der Waals surface area contributed by atoms with Gasteiger partial charge < -0.3 is 19.9 Å². The summed E-state index contributed by atoms with van der Waals surface area (Å²) in [7, 11) is -1.36. The fraction of sp³-hybridized carbons (Fsp3) is 0.913. The molecule has 2 aliphatic heterocycles. The van der Waals surface area contributed by atoms with Gasteiger partial charge in [-0.2, -0.15) is 0 Å². The molecule has 1 amide bonds. The van der Waals surface area contributed by atoms with Crippen molar-refractivity contribution in [1.82, 2.24) is 15.1 Å².